The normalized spacial score (nSPS) is 16.8. The quantitative estimate of drug-likeness (QED) is 0.0662. The molecule has 4 heterocycles. The average Bonchev–Trinajstić information content (AvgIpc) is 3.59. The van der Waals surface area contributed by atoms with Gasteiger partial charge in [0.2, 0.25) is 17.9 Å². The van der Waals surface area contributed by atoms with E-state index in [2.05, 4.69) is 16.0 Å². The average molecular weight is 825 g/mol. The van der Waals surface area contributed by atoms with E-state index >= 15 is 0 Å². The lowest BCUT2D eigenvalue weighted by Crippen LogP contribution is -2.51. The summed E-state index contributed by atoms with van der Waals surface area (Å²) in [7, 11) is 3.24. The van der Waals surface area contributed by atoms with E-state index in [4.69, 9.17) is 25.9 Å². The summed E-state index contributed by atoms with van der Waals surface area (Å²) in [5.41, 5.74) is 13.8. The van der Waals surface area contributed by atoms with Gasteiger partial charge in [-0.2, -0.15) is 0 Å². The smallest absolute Gasteiger partial charge is 0.343 e. The van der Waals surface area contributed by atoms with Crippen LogP contribution >= 0.6 is 0 Å². The SMILES string of the molecule is CCc1c2c(nc3ccc(OC(C(=O)N(C)C)c4ccc(NC(=O)C(CCCNC(N)=O)NC(=O)C(N)C(C)C)cc4)cc13)-c1cc3c(c(=O)n1C2)COC(=O)[C@]3(O)CC. The van der Waals surface area contributed by atoms with Gasteiger partial charge in [-0.15, -0.1) is 0 Å². The number of carbonyl (C=O) groups is 5. The number of aliphatic hydroxyl groups is 1. The first kappa shape index (κ1) is 43.3. The summed E-state index contributed by atoms with van der Waals surface area (Å²) in [5, 5.41) is 20.1. The number of fused-ring (bicyclic) bond motifs is 5. The van der Waals surface area contributed by atoms with Crippen LogP contribution < -0.4 is 37.7 Å². The second-order valence-corrected chi connectivity index (χ2v) is 15.7. The number of aryl methyl sites for hydroxylation is 1. The third-order valence-electron chi connectivity index (χ3n) is 11.2. The van der Waals surface area contributed by atoms with Crippen molar-refractivity contribution >= 4 is 46.3 Å². The van der Waals surface area contributed by atoms with Crippen LogP contribution in [0.4, 0.5) is 10.5 Å². The first-order valence-electron chi connectivity index (χ1n) is 20.0. The summed E-state index contributed by atoms with van der Waals surface area (Å²) in [6, 6.07) is 11.1. The van der Waals surface area contributed by atoms with Crippen molar-refractivity contribution in [2.45, 2.75) is 90.3 Å². The predicted octanol–water partition coefficient (Wildman–Crippen LogP) is 2.71. The lowest BCUT2D eigenvalue weighted by molar-refractivity contribution is -0.172. The minimum atomic E-state index is -1.94. The van der Waals surface area contributed by atoms with Gasteiger partial charge >= 0.3 is 12.0 Å². The van der Waals surface area contributed by atoms with Crippen molar-refractivity contribution in [2.24, 2.45) is 17.4 Å². The molecule has 0 bridgehead atoms. The zero-order valence-electron chi connectivity index (χ0n) is 34.6. The Morgan fingerprint density at radius 3 is 2.38 bits per heavy atom. The van der Waals surface area contributed by atoms with Gasteiger partial charge in [0, 0.05) is 48.4 Å². The second kappa shape index (κ2) is 17.5. The minimum absolute atomic E-state index is 0.0384. The fraction of sp³-hybridized carbons (Fsp3) is 0.419. The molecule has 3 unspecified atom stereocenters. The molecule has 0 saturated carbocycles. The van der Waals surface area contributed by atoms with Crippen LogP contribution in [0, 0.1) is 5.92 Å². The van der Waals surface area contributed by atoms with E-state index in [1.54, 1.807) is 81.9 Å². The Balaban J connectivity index is 1.26. The molecule has 17 heteroatoms. The van der Waals surface area contributed by atoms with Crippen LogP contribution in [0.5, 0.6) is 5.75 Å². The van der Waals surface area contributed by atoms with E-state index < -0.39 is 47.6 Å². The Morgan fingerprint density at radius 1 is 1.03 bits per heavy atom. The molecule has 4 atom stereocenters. The van der Waals surface area contributed by atoms with Gasteiger partial charge in [-0.1, -0.05) is 39.8 Å². The number of benzene rings is 2. The highest BCUT2D eigenvalue weighted by atomic mass is 16.6. The number of cyclic esters (lactones) is 1. The number of anilines is 1. The Hall–Kier alpha value is -6.33. The third-order valence-corrected chi connectivity index (χ3v) is 11.2. The molecule has 17 nitrogen and oxygen atoms in total. The number of rotatable bonds is 15. The topological polar surface area (TPSA) is 250 Å². The molecule has 0 spiro atoms. The highest BCUT2D eigenvalue weighted by molar-refractivity contribution is 5.98. The number of nitrogens with zero attached hydrogens (tertiary/aromatic N) is 3. The zero-order valence-corrected chi connectivity index (χ0v) is 34.6. The maximum atomic E-state index is 13.8. The molecule has 2 aromatic carbocycles. The van der Waals surface area contributed by atoms with Crippen molar-refractivity contribution in [3.63, 3.8) is 0 Å². The van der Waals surface area contributed by atoms with Crippen molar-refractivity contribution < 1.29 is 38.6 Å². The Kier molecular flexibility index (Phi) is 12.6. The number of urea groups is 1. The summed E-state index contributed by atoms with van der Waals surface area (Å²) in [4.78, 5) is 83.8. The number of hydrogen-bond donors (Lipinski definition) is 6. The number of esters is 1. The molecule has 2 aliphatic rings. The zero-order chi connectivity index (χ0) is 43.6. The number of ether oxygens (including phenoxy) is 2. The standard InChI is InChI=1S/C43H52N8O9/c1-7-26-27-18-25(15-16-31(27)48-35-28(26)20-51-33(35)19-30-29(39(51)54)21-59-41(56)43(30,58)8-2)60-36(40(55)50(5)6)23-11-13-24(14-12-23)47-37(52)32(10-9-17-46-42(45)57)49-38(53)34(44)22(3)4/h11-16,18-19,22,32,34,36,58H,7-10,17,20-21,44H2,1-6H3,(H,47,52)(H,49,53)(H3,45,46,57)/t32?,34?,36?,43-/m0/s1. The van der Waals surface area contributed by atoms with E-state index in [0.29, 0.717) is 46.7 Å². The van der Waals surface area contributed by atoms with Gasteiger partial charge in [-0.25, -0.2) is 14.6 Å². The molecule has 0 radical (unpaired) electrons. The Bertz CT molecular complexity index is 2410. The Labute approximate surface area is 346 Å². The van der Waals surface area contributed by atoms with Crippen LogP contribution in [0.15, 0.2) is 53.3 Å². The van der Waals surface area contributed by atoms with E-state index in [1.807, 2.05) is 13.0 Å². The van der Waals surface area contributed by atoms with Crippen LogP contribution in [0.2, 0.25) is 0 Å². The predicted molar refractivity (Wildman–Crippen MR) is 223 cm³/mol. The van der Waals surface area contributed by atoms with E-state index in [1.165, 1.54) is 4.90 Å². The van der Waals surface area contributed by atoms with Gasteiger partial charge < -0.3 is 51.5 Å². The van der Waals surface area contributed by atoms with Crippen LogP contribution in [-0.2, 0) is 49.1 Å². The van der Waals surface area contributed by atoms with E-state index in [9.17, 15) is 33.9 Å². The van der Waals surface area contributed by atoms with Crippen LogP contribution in [0.25, 0.3) is 22.3 Å². The van der Waals surface area contributed by atoms with Crippen molar-refractivity contribution in [2.75, 3.05) is 26.0 Å². The molecule has 5 amide bonds. The molecule has 318 valence electrons. The molecule has 0 aliphatic carbocycles. The fourth-order valence-electron chi connectivity index (χ4n) is 7.58. The van der Waals surface area contributed by atoms with Crippen molar-refractivity contribution in [1.29, 1.82) is 0 Å². The summed E-state index contributed by atoms with van der Waals surface area (Å²) in [5.74, 6) is -1.87. The van der Waals surface area contributed by atoms with Gasteiger partial charge in [0.05, 0.1) is 35.1 Å². The number of primary amides is 1. The highest BCUT2D eigenvalue weighted by Gasteiger charge is 2.45. The molecule has 0 fully saturated rings. The summed E-state index contributed by atoms with van der Waals surface area (Å²) in [6.45, 7) is 7.48. The number of nitrogens with one attached hydrogen (secondary N) is 3. The number of pyridine rings is 2. The molecular weight excluding hydrogens is 773 g/mol. The maximum Gasteiger partial charge on any atom is 0.343 e. The number of nitrogens with two attached hydrogens (primary N) is 2. The van der Waals surface area contributed by atoms with Crippen LogP contribution in [-0.4, -0.2) is 82.0 Å². The van der Waals surface area contributed by atoms with Gasteiger partial charge in [0.15, 0.2) is 5.60 Å². The molecule has 2 aromatic heterocycles. The van der Waals surface area contributed by atoms with E-state index in [0.717, 1.165) is 16.5 Å². The lowest BCUT2D eigenvalue weighted by Gasteiger charge is -2.31. The second-order valence-electron chi connectivity index (χ2n) is 15.7. The van der Waals surface area contributed by atoms with Gasteiger partial charge in [0.25, 0.3) is 11.5 Å². The number of amides is 5. The number of likely N-dealkylation sites (N-methyl/N-ethyl adjacent to an activating group) is 1. The van der Waals surface area contributed by atoms with Crippen LogP contribution in [0.1, 0.15) is 80.9 Å². The van der Waals surface area contributed by atoms with Gasteiger partial charge in [-0.05, 0) is 73.6 Å². The largest absolute Gasteiger partial charge is 0.476 e. The molecule has 8 N–H and O–H groups in total. The minimum Gasteiger partial charge on any atom is -0.476 e. The van der Waals surface area contributed by atoms with Crippen molar-refractivity contribution in [1.82, 2.24) is 25.1 Å². The maximum absolute atomic E-state index is 13.8. The molecule has 60 heavy (non-hydrogen) atoms. The summed E-state index contributed by atoms with van der Waals surface area (Å²) < 4.78 is 13.2. The molecule has 2 aliphatic heterocycles. The molecule has 4 aromatic rings. The molecule has 6 rings (SSSR count). The van der Waals surface area contributed by atoms with Gasteiger partial charge in [0.1, 0.15) is 18.4 Å². The molecule has 0 saturated heterocycles. The van der Waals surface area contributed by atoms with E-state index in [-0.39, 0.29) is 61.0 Å². The number of carbonyl (C=O) groups excluding carboxylic acids is 5. The fourth-order valence-corrected chi connectivity index (χ4v) is 7.58. The number of hydrogen-bond acceptors (Lipinski definition) is 11. The van der Waals surface area contributed by atoms with Gasteiger partial charge in [-0.3, -0.25) is 19.2 Å². The van der Waals surface area contributed by atoms with Crippen molar-refractivity contribution in [3.05, 3.63) is 86.7 Å². The first-order chi connectivity index (χ1) is 28.5. The number of aromatic nitrogens is 2. The Morgan fingerprint density at radius 2 is 1.75 bits per heavy atom. The van der Waals surface area contributed by atoms with Crippen LogP contribution in [0.3, 0.4) is 0 Å². The lowest BCUT2D eigenvalue weighted by atomic mass is 9.86. The third kappa shape index (κ3) is 8.40. The first-order valence-corrected chi connectivity index (χ1v) is 20.0. The molecular formula is C43H52N8O9. The van der Waals surface area contributed by atoms with Crippen molar-refractivity contribution in [3.8, 4) is 17.1 Å². The highest BCUT2D eigenvalue weighted by Crippen LogP contribution is 2.41. The monoisotopic (exact) mass is 824 g/mol. The summed E-state index contributed by atoms with van der Waals surface area (Å²) in [6.07, 6.45) is 0.103. The summed E-state index contributed by atoms with van der Waals surface area (Å²) >= 11 is 0.